The Kier molecular flexibility index (Phi) is 3.84. The molecule has 5 nitrogen and oxygen atoms in total. The minimum absolute atomic E-state index is 0.0144. The molecule has 2 heterocycles. The van der Waals surface area contributed by atoms with Crippen molar-refractivity contribution in [3.63, 3.8) is 0 Å². The van der Waals surface area contributed by atoms with Crippen molar-refractivity contribution in [2.45, 2.75) is 32.4 Å². The highest BCUT2D eigenvalue weighted by atomic mass is 16.2. The highest BCUT2D eigenvalue weighted by Crippen LogP contribution is 2.30. The second-order valence-electron chi connectivity index (χ2n) is 6.45. The van der Waals surface area contributed by atoms with Gasteiger partial charge in [-0.05, 0) is 43.5 Å². The molecule has 4 rings (SSSR count). The summed E-state index contributed by atoms with van der Waals surface area (Å²) in [5.41, 5.74) is 3.27. The number of nitrogens with zero attached hydrogens (tertiary/aromatic N) is 3. The van der Waals surface area contributed by atoms with Crippen molar-refractivity contribution < 1.29 is 4.79 Å². The van der Waals surface area contributed by atoms with Crippen LogP contribution in [0.2, 0.25) is 0 Å². The van der Waals surface area contributed by atoms with Crippen LogP contribution in [0.1, 0.15) is 18.9 Å². The van der Waals surface area contributed by atoms with E-state index in [0.29, 0.717) is 11.0 Å². The third kappa shape index (κ3) is 2.71. The third-order valence-electron chi connectivity index (χ3n) is 4.84. The fourth-order valence-corrected chi connectivity index (χ4v) is 3.56. The Hall–Kier alpha value is -2.95. The summed E-state index contributed by atoms with van der Waals surface area (Å²) in [6.07, 6.45) is 3.18. The highest BCUT2D eigenvalue weighted by molar-refractivity contribution is 5.95. The normalized spacial score (nSPS) is 16.7. The highest BCUT2D eigenvalue weighted by Gasteiger charge is 2.28. The Morgan fingerprint density at radius 2 is 1.92 bits per heavy atom. The molecule has 1 unspecified atom stereocenters. The van der Waals surface area contributed by atoms with Crippen LogP contribution in [0, 0.1) is 0 Å². The maximum absolute atomic E-state index is 13.1. The van der Waals surface area contributed by atoms with Gasteiger partial charge in [0.2, 0.25) is 5.91 Å². The van der Waals surface area contributed by atoms with E-state index in [1.54, 1.807) is 0 Å². The molecule has 0 bridgehead atoms. The maximum Gasteiger partial charge on any atom is 0.269 e. The fourth-order valence-electron chi connectivity index (χ4n) is 3.56. The van der Waals surface area contributed by atoms with Gasteiger partial charge in [0.25, 0.3) is 5.56 Å². The van der Waals surface area contributed by atoms with E-state index < -0.39 is 0 Å². The number of aryl methyl sites for hydroxylation is 1. The fraction of sp³-hybridized carbons (Fsp3) is 0.250. The predicted octanol–water partition coefficient (Wildman–Crippen LogP) is 2.76. The first-order chi connectivity index (χ1) is 12.1. The largest absolute Gasteiger partial charge is 0.308 e. The van der Waals surface area contributed by atoms with Gasteiger partial charge in [0.1, 0.15) is 6.54 Å². The number of hydrogen-bond acceptors (Lipinski definition) is 3. The third-order valence-corrected chi connectivity index (χ3v) is 4.84. The summed E-state index contributed by atoms with van der Waals surface area (Å²) in [6, 6.07) is 15.5. The molecule has 25 heavy (non-hydrogen) atoms. The van der Waals surface area contributed by atoms with E-state index >= 15 is 0 Å². The van der Waals surface area contributed by atoms with Gasteiger partial charge < -0.3 is 4.90 Å². The van der Waals surface area contributed by atoms with Crippen molar-refractivity contribution in [3.05, 3.63) is 70.6 Å². The minimum Gasteiger partial charge on any atom is -0.308 e. The number of carbonyl (C=O) groups is 1. The molecule has 1 amide bonds. The van der Waals surface area contributed by atoms with E-state index in [1.165, 1.54) is 16.3 Å². The number of fused-ring (bicyclic) bond motifs is 2. The van der Waals surface area contributed by atoms with Crippen LogP contribution in [-0.4, -0.2) is 21.5 Å². The Morgan fingerprint density at radius 3 is 2.80 bits per heavy atom. The van der Waals surface area contributed by atoms with E-state index in [1.807, 2.05) is 47.4 Å². The molecule has 1 aliphatic heterocycles. The SMILES string of the molecule is CC1CCc2ccccc2N1C(=O)Cn1c(=O)cnc2ccccc21. The quantitative estimate of drug-likeness (QED) is 0.724. The van der Waals surface area contributed by atoms with Crippen molar-refractivity contribution in [3.8, 4) is 0 Å². The molecule has 1 aliphatic rings. The Morgan fingerprint density at radius 1 is 1.16 bits per heavy atom. The molecule has 1 aromatic heterocycles. The summed E-state index contributed by atoms with van der Waals surface area (Å²) >= 11 is 0. The molecule has 3 aromatic rings. The molecule has 0 spiro atoms. The van der Waals surface area contributed by atoms with Gasteiger partial charge in [-0.2, -0.15) is 0 Å². The number of anilines is 1. The van der Waals surface area contributed by atoms with Crippen molar-refractivity contribution >= 4 is 22.6 Å². The molecule has 2 aromatic carbocycles. The van der Waals surface area contributed by atoms with Gasteiger partial charge in [-0.3, -0.25) is 14.2 Å². The zero-order chi connectivity index (χ0) is 17.4. The van der Waals surface area contributed by atoms with Gasteiger partial charge in [-0.15, -0.1) is 0 Å². The van der Waals surface area contributed by atoms with Gasteiger partial charge in [0, 0.05) is 11.7 Å². The van der Waals surface area contributed by atoms with Gasteiger partial charge >= 0.3 is 0 Å². The predicted molar refractivity (Wildman–Crippen MR) is 97.7 cm³/mol. The summed E-state index contributed by atoms with van der Waals surface area (Å²) in [5.74, 6) is -0.0712. The van der Waals surface area contributed by atoms with E-state index in [2.05, 4.69) is 18.0 Å². The van der Waals surface area contributed by atoms with E-state index in [0.717, 1.165) is 18.5 Å². The summed E-state index contributed by atoms with van der Waals surface area (Å²) in [7, 11) is 0. The molecule has 0 saturated carbocycles. The van der Waals surface area contributed by atoms with E-state index in [-0.39, 0.29) is 24.1 Å². The van der Waals surface area contributed by atoms with Gasteiger partial charge in [-0.25, -0.2) is 4.98 Å². The minimum atomic E-state index is -0.259. The maximum atomic E-state index is 13.1. The topological polar surface area (TPSA) is 55.2 Å². The second kappa shape index (κ2) is 6.16. The lowest BCUT2D eigenvalue weighted by Crippen LogP contribution is -2.44. The second-order valence-corrected chi connectivity index (χ2v) is 6.45. The van der Waals surface area contributed by atoms with Crippen LogP contribution in [0.25, 0.3) is 11.0 Å². The number of amides is 1. The molecule has 0 radical (unpaired) electrons. The lowest BCUT2D eigenvalue weighted by Gasteiger charge is -2.35. The van der Waals surface area contributed by atoms with Crippen LogP contribution < -0.4 is 10.5 Å². The average Bonchev–Trinajstić information content (AvgIpc) is 2.64. The number of carbonyl (C=O) groups excluding carboxylic acids is 1. The molecule has 0 saturated heterocycles. The lowest BCUT2D eigenvalue weighted by molar-refractivity contribution is -0.119. The van der Waals surface area contributed by atoms with E-state index in [4.69, 9.17) is 0 Å². The van der Waals surface area contributed by atoms with Crippen LogP contribution in [0.15, 0.2) is 59.5 Å². The number of rotatable bonds is 2. The Labute approximate surface area is 145 Å². The van der Waals surface area contributed by atoms with Crippen molar-refractivity contribution in [2.75, 3.05) is 4.90 Å². The number of benzene rings is 2. The van der Waals surface area contributed by atoms with Crippen molar-refractivity contribution in [2.24, 2.45) is 0 Å². The number of aromatic nitrogens is 2. The van der Waals surface area contributed by atoms with Crippen molar-refractivity contribution in [1.82, 2.24) is 9.55 Å². The number of para-hydroxylation sites is 3. The number of hydrogen-bond donors (Lipinski definition) is 0. The molecule has 0 fully saturated rings. The van der Waals surface area contributed by atoms with Crippen LogP contribution in [-0.2, 0) is 17.8 Å². The molecule has 126 valence electrons. The zero-order valence-electron chi connectivity index (χ0n) is 14.1. The molecule has 1 atom stereocenters. The standard InChI is InChI=1S/C20H19N3O2/c1-14-10-11-15-6-2-4-8-17(15)23(14)20(25)13-22-18-9-5-3-7-16(18)21-12-19(22)24/h2-9,12,14H,10-11,13H2,1H3. The Balaban J connectivity index is 1.74. The van der Waals surface area contributed by atoms with E-state index in [9.17, 15) is 9.59 Å². The molecule has 0 aliphatic carbocycles. The monoisotopic (exact) mass is 333 g/mol. The van der Waals surface area contributed by atoms with Crippen LogP contribution in [0.4, 0.5) is 5.69 Å². The Bertz CT molecular complexity index is 1010. The van der Waals surface area contributed by atoms with Gasteiger partial charge in [-0.1, -0.05) is 30.3 Å². The first-order valence-electron chi connectivity index (χ1n) is 8.49. The molecule has 5 heteroatoms. The zero-order valence-corrected chi connectivity index (χ0v) is 14.1. The summed E-state index contributed by atoms with van der Waals surface area (Å²) in [6.45, 7) is 2.07. The molecular weight excluding hydrogens is 314 g/mol. The molecule has 0 N–H and O–H groups in total. The van der Waals surface area contributed by atoms with Gasteiger partial charge in [0.15, 0.2) is 0 Å². The first-order valence-corrected chi connectivity index (χ1v) is 8.49. The van der Waals surface area contributed by atoms with Gasteiger partial charge in [0.05, 0.1) is 17.2 Å². The van der Waals surface area contributed by atoms with Crippen LogP contribution in [0.3, 0.4) is 0 Å². The average molecular weight is 333 g/mol. The van der Waals surface area contributed by atoms with Crippen molar-refractivity contribution in [1.29, 1.82) is 0 Å². The van der Waals surface area contributed by atoms with Crippen LogP contribution in [0.5, 0.6) is 0 Å². The summed E-state index contributed by atoms with van der Waals surface area (Å²) in [5, 5.41) is 0. The van der Waals surface area contributed by atoms with Crippen LogP contribution >= 0.6 is 0 Å². The summed E-state index contributed by atoms with van der Waals surface area (Å²) in [4.78, 5) is 31.4. The molecular formula is C20H19N3O2. The smallest absolute Gasteiger partial charge is 0.269 e. The summed E-state index contributed by atoms with van der Waals surface area (Å²) < 4.78 is 1.51. The lowest BCUT2D eigenvalue weighted by atomic mass is 9.96. The first kappa shape index (κ1) is 15.6.